The number of nitro groups is 1. The second-order valence-electron chi connectivity index (χ2n) is 3.41. The highest BCUT2D eigenvalue weighted by molar-refractivity contribution is 9.11. The molecule has 8 heteroatoms. The summed E-state index contributed by atoms with van der Waals surface area (Å²) in [6.45, 7) is 0. The van der Waals surface area contributed by atoms with E-state index in [9.17, 15) is 10.1 Å². The molecule has 19 heavy (non-hydrogen) atoms. The standard InChI is InChI=1S/C11H5Br3N2O3/c12-6-1-2-10(8(14)3-6)19-11-9(16(17)18)4-7(13)5-15-11/h1-5H. The maximum absolute atomic E-state index is 10.9. The van der Waals surface area contributed by atoms with Crippen LogP contribution >= 0.6 is 47.8 Å². The lowest BCUT2D eigenvalue weighted by molar-refractivity contribution is -0.386. The van der Waals surface area contributed by atoms with Gasteiger partial charge in [-0.25, -0.2) is 4.98 Å². The van der Waals surface area contributed by atoms with Crippen LogP contribution in [0.2, 0.25) is 0 Å². The number of benzene rings is 1. The fourth-order valence-electron chi connectivity index (χ4n) is 1.29. The van der Waals surface area contributed by atoms with Crippen LogP contribution in [-0.2, 0) is 0 Å². The van der Waals surface area contributed by atoms with Gasteiger partial charge in [0.15, 0.2) is 0 Å². The Hall–Kier alpha value is -0.990. The van der Waals surface area contributed by atoms with E-state index in [1.54, 1.807) is 18.2 Å². The van der Waals surface area contributed by atoms with Gasteiger partial charge in [0.05, 0.1) is 9.40 Å². The zero-order valence-corrected chi connectivity index (χ0v) is 13.9. The van der Waals surface area contributed by atoms with Gasteiger partial charge >= 0.3 is 5.69 Å². The minimum atomic E-state index is -0.542. The largest absolute Gasteiger partial charge is 0.432 e. The molecule has 2 rings (SSSR count). The molecule has 1 aromatic carbocycles. The number of hydrogen-bond acceptors (Lipinski definition) is 4. The summed E-state index contributed by atoms with van der Waals surface area (Å²) in [6.07, 6.45) is 1.44. The van der Waals surface area contributed by atoms with Crippen LogP contribution in [0.4, 0.5) is 5.69 Å². The van der Waals surface area contributed by atoms with Crippen LogP contribution < -0.4 is 4.74 Å². The SMILES string of the molecule is O=[N+]([O-])c1cc(Br)cnc1Oc1ccc(Br)cc1Br. The van der Waals surface area contributed by atoms with E-state index in [0.29, 0.717) is 14.7 Å². The van der Waals surface area contributed by atoms with Crippen LogP contribution in [0.3, 0.4) is 0 Å². The molecular formula is C11H5Br3N2O3. The van der Waals surface area contributed by atoms with Gasteiger partial charge in [0.2, 0.25) is 0 Å². The lowest BCUT2D eigenvalue weighted by Gasteiger charge is -2.07. The summed E-state index contributed by atoms with van der Waals surface area (Å²) in [5.74, 6) is 0.386. The van der Waals surface area contributed by atoms with Crippen molar-refractivity contribution in [3.8, 4) is 11.6 Å². The fourth-order valence-corrected chi connectivity index (χ4v) is 2.73. The monoisotopic (exact) mass is 450 g/mol. The number of aromatic nitrogens is 1. The van der Waals surface area contributed by atoms with Gasteiger partial charge in [-0.2, -0.15) is 0 Å². The van der Waals surface area contributed by atoms with Gasteiger partial charge in [0.1, 0.15) is 5.75 Å². The average Bonchev–Trinajstić information content (AvgIpc) is 2.34. The number of halogens is 3. The molecule has 0 unspecified atom stereocenters. The molecule has 0 N–H and O–H groups in total. The molecule has 1 heterocycles. The molecule has 0 saturated heterocycles. The normalized spacial score (nSPS) is 10.3. The fraction of sp³-hybridized carbons (Fsp3) is 0. The second kappa shape index (κ2) is 5.98. The maximum atomic E-state index is 10.9. The van der Waals surface area contributed by atoms with Gasteiger partial charge in [0.25, 0.3) is 5.88 Å². The first kappa shape index (κ1) is 14.4. The van der Waals surface area contributed by atoms with Crippen LogP contribution in [0.1, 0.15) is 0 Å². The number of hydrogen-bond donors (Lipinski definition) is 0. The molecule has 0 aliphatic heterocycles. The Labute approximate surface area is 133 Å². The molecule has 0 aliphatic carbocycles. The summed E-state index contributed by atoms with van der Waals surface area (Å²) in [4.78, 5) is 14.3. The summed E-state index contributed by atoms with van der Waals surface area (Å²) in [5.41, 5.74) is -0.204. The molecule has 0 saturated carbocycles. The zero-order chi connectivity index (χ0) is 14.0. The van der Waals surface area contributed by atoms with Crippen molar-refractivity contribution in [2.45, 2.75) is 0 Å². The zero-order valence-electron chi connectivity index (χ0n) is 9.14. The summed E-state index contributed by atoms with van der Waals surface area (Å²) >= 11 is 9.77. The van der Waals surface area contributed by atoms with E-state index >= 15 is 0 Å². The Morgan fingerprint density at radius 3 is 2.53 bits per heavy atom. The molecular weight excluding hydrogens is 448 g/mol. The van der Waals surface area contributed by atoms with Crippen molar-refractivity contribution in [1.82, 2.24) is 4.98 Å². The van der Waals surface area contributed by atoms with Crippen LogP contribution in [0, 0.1) is 10.1 Å². The highest BCUT2D eigenvalue weighted by Gasteiger charge is 2.19. The van der Waals surface area contributed by atoms with E-state index in [1.165, 1.54) is 12.3 Å². The molecule has 1 aromatic heterocycles. The van der Waals surface area contributed by atoms with Crippen LogP contribution in [0.25, 0.3) is 0 Å². The topological polar surface area (TPSA) is 65.3 Å². The van der Waals surface area contributed by atoms with E-state index in [4.69, 9.17) is 4.74 Å². The van der Waals surface area contributed by atoms with E-state index in [1.807, 2.05) is 0 Å². The van der Waals surface area contributed by atoms with Gasteiger partial charge in [0, 0.05) is 21.2 Å². The van der Waals surface area contributed by atoms with Crippen molar-refractivity contribution < 1.29 is 9.66 Å². The Kier molecular flexibility index (Phi) is 4.54. The van der Waals surface area contributed by atoms with E-state index in [-0.39, 0.29) is 11.6 Å². The van der Waals surface area contributed by atoms with Crippen LogP contribution in [-0.4, -0.2) is 9.91 Å². The van der Waals surface area contributed by atoms with Crippen molar-refractivity contribution in [3.63, 3.8) is 0 Å². The molecule has 0 fully saturated rings. The van der Waals surface area contributed by atoms with Crippen molar-refractivity contribution in [1.29, 1.82) is 0 Å². The number of pyridine rings is 1. The third-order valence-corrected chi connectivity index (χ3v) is 3.64. The first-order valence-corrected chi connectivity index (χ1v) is 7.28. The molecule has 5 nitrogen and oxygen atoms in total. The first-order chi connectivity index (χ1) is 8.97. The average molecular weight is 453 g/mol. The summed E-state index contributed by atoms with van der Waals surface area (Å²) in [5, 5.41) is 10.9. The molecule has 0 amide bonds. The minimum Gasteiger partial charge on any atom is -0.432 e. The van der Waals surface area contributed by atoms with Crippen molar-refractivity contribution in [3.05, 3.63) is 54.0 Å². The summed E-state index contributed by atoms with van der Waals surface area (Å²) < 4.78 is 7.52. The Bertz CT molecular complexity index is 649. The van der Waals surface area contributed by atoms with Crippen molar-refractivity contribution >= 4 is 53.5 Å². The predicted octanol–water partition coefficient (Wildman–Crippen LogP) is 5.07. The van der Waals surface area contributed by atoms with Gasteiger partial charge in [-0.1, -0.05) is 15.9 Å². The van der Waals surface area contributed by atoms with E-state index in [0.717, 1.165) is 4.47 Å². The van der Waals surface area contributed by atoms with Crippen LogP contribution in [0.15, 0.2) is 43.9 Å². The quantitative estimate of drug-likeness (QED) is 0.481. The molecule has 0 atom stereocenters. The molecule has 0 bridgehead atoms. The Morgan fingerprint density at radius 1 is 1.16 bits per heavy atom. The van der Waals surface area contributed by atoms with Gasteiger partial charge in [-0.15, -0.1) is 0 Å². The number of nitrogens with zero attached hydrogens (tertiary/aromatic N) is 2. The summed E-state index contributed by atoms with van der Waals surface area (Å²) in [7, 11) is 0. The molecule has 0 aliphatic rings. The predicted molar refractivity (Wildman–Crippen MR) is 80.5 cm³/mol. The smallest absolute Gasteiger partial charge is 0.332 e. The lowest BCUT2D eigenvalue weighted by atomic mass is 10.3. The van der Waals surface area contributed by atoms with Crippen LogP contribution in [0.5, 0.6) is 11.6 Å². The second-order valence-corrected chi connectivity index (χ2v) is 6.10. The third kappa shape index (κ3) is 3.52. The highest BCUT2D eigenvalue weighted by atomic mass is 79.9. The van der Waals surface area contributed by atoms with Gasteiger partial charge < -0.3 is 4.74 Å². The van der Waals surface area contributed by atoms with E-state index in [2.05, 4.69) is 52.8 Å². The number of ether oxygens (including phenoxy) is 1. The lowest BCUT2D eigenvalue weighted by Crippen LogP contribution is -1.96. The Morgan fingerprint density at radius 2 is 1.89 bits per heavy atom. The molecule has 2 aromatic rings. The van der Waals surface area contributed by atoms with Gasteiger partial charge in [-0.3, -0.25) is 10.1 Å². The summed E-state index contributed by atoms with van der Waals surface area (Å²) in [6, 6.07) is 6.57. The first-order valence-electron chi connectivity index (χ1n) is 4.90. The minimum absolute atomic E-state index is 0.0591. The van der Waals surface area contributed by atoms with Crippen molar-refractivity contribution in [2.75, 3.05) is 0 Å². The van der Waals surface area contributed by atoms with Gasteiger partial charge in [-0.05, 0) is 50.1 Å². The van der Waals surface area contributed by atoms with Crippen molar-refractivity contribution in [2.24, 2.45) is 0 Å². The molecule has 0 spiro atoms. The molecule has 98 valence electrons. The highest BCUT2D eigenvalue weighted by Crippen LogP contribution is 2.35. The molecule has 0 radical (unpaired) electrons. The maximum Gasteiger partial charge on any atom is 0.332 e. The van der Waals surface area contributed by atoms with E-state index < -0.39 is 4.92 Å². The number of rotatable bonds is 3. The third-order valence-electron chi connectivity index (χ3n) is 2.10. The Balaban J connectivity index is 2.40.